The molecule has 336 valence electrons. The molecule has 0 radical (unpaired) electrons. The van der Waals surface area contributed by atoms with Crippen molar-refractivity contribution < 1.29 is 55.4 Å². The molecule has 0 saturated heterocycles. The molecule has 11 nitrogen and oxygen atoms in total. The van der Waals surface area contributed by atoms with Crippen molar-refractivity contribution in [3.05, 3.63) is 138 Å². The molecule has 62 heavy (non-hydrogen) atoms. The predicted octanol–water partition coefficient (Wildman–Crippen LogP) is 6.01. The number of benzene rings is 5. The predicted molar refractivity (Wildman–Crippen MR) is 249 cm³/mol. The van der Waals surface area contributed by atoms with E-state index in [0.29, 0.717) is 35.3 Å². The van der Waals surface area contributed by atoms with Gasteiger partial charge in [-0.2, -0.15) is 0 Å². The molecule has 9 N–H and O–H groups in total. The van der Waals surface area contributed by atoms with Gasteiger partial charge in [0.15, 0.2) is 0 Å². The van der Waals surface area contributed by atoms with Gasteiger partial charge in [-0.25, -0.2) is 0 Å². The molecule has 13 heteroatoms. The van der Waals surface area contributed by atoms with Crippen LogP contribution in [0.4, 0.5) is 0 Å². The maximum absolute atomic E-state index is 10.6. The second-order valence-electron chi connectivity index (χ2n) is 16.0. The fourth-order valence-corrected chi connectivity index (χ4v) is 9.32. The number of rotatable bonds is 12. The van der Waals surface area contributed by atoms with Gasteiger partial charge in [0, 0.05) is 44.6 Å². The molecule has 2 aliphatic rings. The average molecular weight is 887 g/mol. The van der Waals surface area contributed by atoms with E-state index in [4.69, 9.17) is 29.9 Å². The maximum Gasteiger partial charge on any atom is 0.125 e. The normalized spacial score (nSPS) is 20.6. The number of para-hydroxylation sites is 1. The van der Waals surface area contributed by atoms with E-state index in [1.54, 1.807) is 84.9 Å². The summed E-state index contributed by atoms with van der Waals surface area (Å²) in [6.45, 7) is -0.0764. The Labute approximate surface area is 371 Å². The van der Waals surface area contributed by atoms with Crippen molar-refractivity contribution in [1.82, 2.24) is 0 Å². The summed E-state index contributed by atoms with van der Waals surface area (Å²) in [5.74, 6) is 2.99. The highest BCUT2D eigenvalue weighted by molar-refractivity contribution is 6.08. The number of ether oxygens (including phenoxy) is 2. The summed E-state index contributed by atoms with van der Waals surface area (Å²) in [7, 11) is 2.37. The molecular formula is C49H66O11Si2. The van der Waals surface area contributed by atoms with Crippen molar-refractivity contribution in [3.63, 3.8) is 0 Å². The molecule has 0 amide bonds. The van der Waals surface area contributed by atoms with E-state index in [9.17, 15) is 25.5 Å². The molecule has 2 aliphatic carbocycles. The molecule has 5 aromatic rings. The third-order valence-corrected chi connectivity index (χ3v) is 12.4. The van der Waals surface area contributed by atoms with Crippen molar-refractivity contribution in [2.24, 2.45) is 11.8 Å². The number of phenols is 5. The highest BCUT2D eigenvalue weighted by Crippen LogP contribution is 2.34. The lowest BCUT2D eigenvalue weighted by atomic mass is 9.83. The molecule has 6 atom stereocenters. The third-order valence-electron chi connectivity index (χ3n) is 11.2. The molecule has 0 bridgehead atoms. The molecular weight excluding hydrogens is 821 g/mol. The quantitative estimate of drug-likeness (QED) is 0.0665. The van der Waals surface area contributed by atoms with Crippen LogP contribution in [0.2, 0.25) is 12.1 Å². The van der Waals surface area contributed by atoms with E-state index in [1.807, 2.05) is 30.3 Å². The smallest absolute Gasteiger partial charge is 0.125 e. The lowest BCUT2D eigenvalue weighted by Gasteiger charge is -2.35. The van der Waals surface area contributed by atoms with Crippen LogP contribution in [0.3, 0.4) is 0 Å². The fourth-order valence-electron chi connectivity index (χ4n) is 7.83. The van der Waals surface area contributed by atoms with Crippen LogP contribution in [0.5, 0.6) is 40.2 Å². The molecule has 2 saturated carbocycles. The zero-order valence-corrected chi connectivity index (χ0v) is 40.0. The van der Waals surface area contributed by atoms with Gasteiger partial charge in [0.05, 0.1) is 25.4 Å². The van der Waals surface area contributed by atoms with Crippen LogP contribution in [-0.2, 0) is 19.6 Å². The second kappa shape index (κ2) is 26.4. The van der Waals surface area contributed by atoms with Gasteiger partial charge in [-0.3, -0.25) is 0 Å². The van der Waals surface area contributed by atoms with Crippen LogP contribution in [0.1, 0.15) is 73.6 Å². The van der Waals surface area contributed by atoms with E-state index in [2.05, 4.69) is 0 Å². The fraction of sp³-hybridized carbons (Fsp3) is 0.388. The van der Waals surface area contributed by atoms with Gasteiger partial charge in [0.2, 0.25) is 0 Å². The van der Waals surface area contributed by atoms with Crippen LogP contribution >= 0.6 is 0 Å². The van der Waals surface area contributed by atoms with Crippen molar-refractivity contribution in [1.29, 1.82) is 0 Å². The van der Waals surface area contributed by atoms with Gasteiger partial charge in [-0.1, -0.05) is 79.5 Å². The van der Waals surface area contributed by atoms with Gasteiger partial charge >= 0.3 is 0 Å². The largest absolute Gasteiger partial charge is 0.508 e. The Hall–Kier alpha value is -5.03. The van der Waals surface area contributed by atoms with Crippen LogP contribution < -0.4 is 9.47 Å². The van der Waals surface area contributed by atoms with E-state index in [1.165, 1.54) is 32.6 Å². The van der Waals surface area contributed by atoms with Crippen molar-refractivity contribution in [2.45, 2.75) is 108 Å². The van der Waals surface area contributed by atoms with Crippen molar-refractivity contribution in [2.75, 3.05) is 0 Å². The third kappa shape index (κ3) is 16.3. The lowest BCUT2D eigenvalue weighted by molar-refractivity contribution is -0.0321. The van der Waals surface area contributed by atoms with Crippen LogP contribution in [0, 0.1) is 11.8 Å². The zero-order chi connectivity index (χ0) is 44.9. The molecule has 7 rings (SSSR count). The van der Waals surface area contributed by atoms with E-state index >= 15 is 0 Å². The molecule has 0 aromatic heterocycles. The summed E-state index contributed by atoms with van der Waals surface area (Å²) in [4.78, 5) is 0. The van der Waals surface area contributed by atoms with Crippen molar-refractivity contribution >= 4 is 20.5 Å². The van der Waals surface area contributed by atoms with Gasteiger partial charge in [-0.05, 0) is 116 Å². The first-order valence-corrected chi connectivity index (χ1v) is 24.6. The molecule has 0 spiro atoms. The van der Waals surface area contributed by atoms with E-state index in [0.717, 1.165) is 68.1 Å². The van der Waals surface area contributed by atoms with Gasteiger partial charge < -0.3 is 55.4 Å². The van der Waals surface area contributed by atoms with Crippen LogP contribution in [0.25, 0.3) is 0 Å². The first-order valence-electron chi connectivity index (χ1n) is 21.8. The maximum atomic E-state index is 10.6. The van der Waals surface area contributed by atoms with Crippen LogP contribution in [0.15, 0.2) is 115 Å². The summed E-state index contributed by atoms with van der Waals surface area (Å²) in [5, 5.41) is 84.8. The molecule has 5 aromatic carbocycles. The summed E-state index contributed by atoms with van der Waals surface area (Å²) in [6.07, 6.45) is 7.84. The number of hydrogen-bond donors (Lipinski definition) is 9. The SMILES string of the molecule is OCc1ccc(O)cc1.OCc1ccccc1O.Oc1ccc(Cc2ccc(OC3CCCC(CC[SiH3])C3O)cc2O)cc1.Oc1cccc(OC2CCCC(CC[SiH3])C2O)c1. The Bertz CT molecular complexity index is 2010. The minimum Gasteiger partial charge on any atom is -0.508 e. The Balaban J connectivity index is 0.000000201. The van der Waals surface area contributed by atoms with Crippen molar-refractivity contribution in [3.8, 4) is 40.2 Å². The summed E-state index contributed by atoms with van der Waals surface area (Å²) in [6, 6.07) is 34.7. The number of aromatic hydroxyl groups is 5. The Morgan fingerprint density at radius 1 is 0.484 bits per heavy atom. The molecule has 0 heterocycles. The number of hydrogen-bond acceptors (Lipinski definition) is 11. The van der Waals surface area contributed by atoms with Gasteiger partial charge in [-0.15, -0.1) is 0 Å². The Morgan fingerprint density at radius 3 is 1.48 bits per heavy atom. The highest BCUT2D eigenvalue weighted by Gasteiger charge is 2.33. The summed E-state index contributed by atoms with van der Waals surface area (Å²) < 4.78 is 11.8. The standard InChI is InChI=1S/C21H28O4Si.C14H22O3Si.2C7H8O2/c22-17-7-4-14(5-8-17)12-16-6-9-18(13-19(16)23)25-20-3-1-2-15(10-11-26)21(20)24;15-11-4-2-5-12(9-11)17-13-6-1-3-10(7-8-18)14(13)16;8-5-6-1-3-7(9)4-2-6;8-5-6-3-1-2-4-7(6)9/h4-9,13,15,20-24H,1-3,10-12H2,26H3;2,4-5,9-10,13-16H,1,3,6-8H2,18H3;2*1-4,8-9H,5H2. The van der Waals surface area contributed by atoms with Crippen LogP contribution in [-0.4, -0.2) is 90.9 Å². The Morgan fingerprint density at radius 2 is 1.02 bits per heavy atom. The number of aliphatic hydroxyl groups excluding tert-OH is 4. The lowest BCUT2D eigenvalue weighted by Crippen LogP contribution is -2.41. The van der Waals surface area contributed by atoms with Gasteiger partial charge in [0.1, 0.15) is 52.5 Å². The monoisotopic (exact) mass is 886 g/mol. The first kappa shape index (κ1) is 49.6. The zero-order valence-electron chi connectivity index (χ0n) is 36.0. The number of aliphatic hydroxyl groups is 4. The summed E-state index contributed by atoms with van der Waals surface area (Å²) >= 11 is 0. The molecule has 0 aliphatic heterocycles. The second-order valence-corrected chi connectivity index (χ2v) is 18.0. The average Bonchev–Trinajstić information content (AvgIpc) is 3.27. The first-order chi connectivity index (χ1) is 29.9. The van der Waals surface area contributed by atoms with E-state index < -0.39 is 6.10 Å². The topological polar surface area (TPSA) is 201 Å². The number of phenolic OH excluding ortho intramolecular Hbond substituents is 4. The highest BCUT2D eigenvalue weighted by atomic mass is 28.1. The van der Waals surface area contributed by atoms with Gasteiger partial charge in [0.25, 0.3) is 0 Å². The molecule has 6 unspecified atom stereocenters. The minimum atomic E-state index is -0.420. The molecule has 2 fully saturated rings. The minimum absolute atomic E-state index is 0.0281. The van der Waals surface area contributed by atoms with E-state index in [-0.39, 0.29) is 60.3 Å². The summed E-state index contributed by atoms with van der Waals surface area (Å²) in [5.41, 5.74) is 3.20. The Kier molecular flexibility index (Phi) is 21.2.